The predicted molar refractivity (Wildman–Crippen MR) is 133 cm³/mol. The highest BCUT2D eigenvalue weighted by Crippen LogP contribution is 2.43. The molecule has 3 aromatic rings. The van der Waals surface area contributed by atoms with E-state index in [1.165, 1.54) is 4.31 Å². The number of benzene rings is 3. The first-order chi connectivity index (χ1) is 16.4. The van der Waals surface area contributed by atoms with Gasteiger partial charge < -0.3 is 10.2 Å². The van der Waals surface area contributed by atoms with E-state index in [1.54, 1.807) is 55.5 Å². The molecule has 0 unspecified atom stereocenters. The molecule has 0 aliphatic carbocycles. The number of amides is 2. The number of carbonyl (C=O) groups is 2. The van der Waals surface area contributed by atoms with Crippen LogP contribution in [-0.4, -0.2) is 44.3 Å². The van der Waals surface area contributed by atoms with E-state index in [2.05, 4.69) is 5.32 Å². The normalized spacial score (nSPS) is 17.9. The van der Waals surface area contributed by atoms with E-state index in [0.29, 0.717) is 35.4 Å². The minimum absolute atomic E-state index is 0.114. The van der Waals surface area contributed by atoms with Crippen molar-refractivity contribution in [1.29, 1.82) is 0 Å². The van der Waals surface area contributed by atoms with Crippen LogP contribution in [0.25, 0.3) is 10.8 Å². The third kappa shape index (κ3) is 3.72. The van der Waals surface area contributed by atoms with Gasteiger partial charge in [-0.3, -0.25) is 13.9 Å². The maximum Gasteiger partial charge on any atom is 0.265 e. The Labute approximate surface area is 199 Å². The highest BCUT2D eigenvalue weighted by molar-refractivity contribution is 7.93. The molecule has 2 aliphatic rings. The molecule has 0 saturated carbocycles. The lowest BCUT2D eigenvalue weighted by Crippen LogP contribution is -2.44. The molecule has 176 valence electrons. The van der Waals surface area contributed by atoms with E-state index < -0.39 is 22.0 Å². The molecule has 2 amide bonds. The summed E-state index contributed by atoms with van der Waals surface area (Å²) in [6, 6.07) is 16.4. The maximum absolute atomic E-state index is 13.4. The quantitative estimate of drug-likeness (QED) is 0.604. The monoisotopic (exact) mass is 477 g/mol. The fourth-order valence-corrected chi connectivity index (χ4v) is 6.77. The van der Waals surface area contributed by atoms with Crippen LogP contribution in [0.4, 0.5) is 11.4 Å². The van der Waals surface area contributed by atoms with Crippen molar-refractivity contribution >= 4 is 44.0 Å². The van der Waals surface area contributed by atoms with E-state index in [1.807, 2.05) is 17.0 Å². The summed E-state index contributed by atoms with van der Waals surface area (Å²) in [5, 5.41) is 4.26. The van der Waals surface area contributed by atoms with Gasteiger partial charge in [0.15, 0.2) is 0 Å². The van der Waals surface area contributed by atoms with E-state index in [4.69, 9.17) is 0 Å². The molecule has 3 aromatic carbocycles. The minimum Gasteiger partial charge on any atom is -0.339 e. The van der Waals surface area contributed by atoms with Crippen molar-refractivity contribution in [3.05, 3.63) is 66.2 Å². The molecule has 1 saturated heterocycles. The summed E-state index contributed by atoms with van der Waals surface area (Å²) in [5.74, 6) is -0.610. The fraction of sp³-hybridized carbons (Fsp3) is 0.308. The number of sulfonamides is 1. The first kappa shape index (κ1) is 22.4. The third-order valence-electron chi connectivity index (χ3n) is 6.66. The van der Waals surface area contributed by atoms with Crippen LogP contribution in [0, 0.1) is 0 Å². The zero-order valence-corrected chi connectivity index (χ0v) is 19.8. The number of rotatable bonds is 4. The molecule has 0 aromatic heterocycles. The molecular formula is C26H27N3O4S. The summed E-state index contributed by atoms with van der Waals surface area (Å²) < 4.78 is 27.9. The van der Waals surface area contributed by atoms with Crippen LogP contribution < -0.4 is 9.62 Å². The van der Waals surface area contributed by atoms with Gasteiger partial charge in [0.2, 0.25) is 5.91 Å². The van der Waals surface area contributed by atoms with E-state index in [9.17, 15) is 18.0 Å². The van der Waals surface area contributed by atoms with Crippen molar-refractivity contribution in [2.24, 2.45) is 0 Å². The van der Waals surface area contributed by atoms with Gasteiger partial charge >= 0.3 is 0 Å². The summed E-state index contributed by atoms with van der Waals surface area (Å²) in [6.45, 7) is 2.97. The number of hydrogen-bond acceptors (Lipinski definition) is 4. The van der Waals surface area contributed by atoms with Crippen LogP contribution in [-0.2, 0) is 14.8 Å². The summed E-state index contributed by atoms with van der Waals surface area (Å²) >= 11 is 0. The summed E-state index contributed by atoms with van der Waals surface area (Å²) in [4.78, 5) is 28.6. The lowest BCUT2D eigenvalue weighted by molar-refractivity contribution is -0.116. The lowest BCUT2D eigenvalue weighted by Gasteiger charge is -2.26. The number of likely N-dealkylation sites (tertiary alicyclic amines) is 1. The molecule has 34 heavy (non-hydrogen) atoms. The molecule has 1 N–H and O–H groups in total. The minimum atomic E-state index is -3.89. The van der Waals surface area contributed by atoms with Crippen LogP contribution >= 0.6 is 0 Å². The van der Waals surface area contributed by atoms with Gasteiger partial charge in [0, 0.05) is 18.5 Å². The Morgan fingerprint density at radius 2 is 1.56 bits per heavy atom. The van der Waals surface area contributed by atoms with Gasteiger partial charge in [-0.05, 0) is 49.4 Å². The Morgan fingerprint density at radius 3 is 2.29 bits per heavy atom. The molecule has 1 atom stereocenters. The third-order valence-corrected chi connectivity index (χ3v) is 8.59. The number of carbonyl (C=O) groups excluding carboxylic acids is 2. The zero-order chi connectivity index (χ0) is 23.9. The van der Waals surface area contributed by atoms with Gasteiger partial charge in [0.1, 0.15) is 6.04 Å². The Balaban J connectivity index is 1.43. The van der Waals surface area contributed by atoms with Crippen LogP contribution in [0.1, 0.15) is 43.0 Å². The topological polar surface area (TPSA) is 86.8 Å². The van der Waals surface area contributed by atoms with Gasteiger partial charge in [-0.2, -0.15) is 0 Å². The number of nitrogens with one attached hydrogen (secondary N) is 1. The van der Waals surface area contributed by atoms with Crippen molar-refractivity contribution < 1.29 is 18.0 Å². The molecule has 2 aliphatic heterocycles. The molecule has 0 radical (unpaired) electrons. The highest BCUT2D eigenvalue weighted by Gasteiger charge is 2.41. The Hall–Kier alpha value is -3.39. The molecule has 1 fully saturated rings. The Kier molecular flexibility index (Phi) is 5.77. The first-order valence-corrected chi connectivity index (χ1v) is 13.1. The largest absolute Gasteiger partial charge is 0.339 e. The summed E-state index contributed by atoms with van der Waals surface area (Å²) in [7, 11) is -3.89. The first-order valence-electron chi connectivity index (χ1n) is 11.6. The maximum atomic E-state index is 13.4. The van der Waals surface area contributed by atoms with Crippen molar-refractivity contribution in [2.75, 3.05) is 22.7 Å². The van der Waals surface area contributed by atoms with Crippen LogP contribution in [0.5, 0.6) is 0 Å². The average molecular weight is 478 g/mol. The van der Waals surface area contributed by atoms with E-state index in [0.717, 1.165) is 31.1 Å². The number of para-hydroxylation sites is 1. The van der Waals surface area contributed by atoms with Crippen molar-refractivity contribution in [3.8, 4) is 0 Å². The molecule has 8 heteroatoms. The number of nitrogens with zero attached hydrogens (tertiary/aromatic N) is 2. The predicted octanol–water partition coefficient (Wildman–Crippen LogP) is 4.39. The van der Waals surface area contributed by atoms with E-state index >= 15 is 0 Å². The van der Waals surface area contributed by atoms with Gasteiger partial charge in [-0.1, -0.05) is 49.2 Å². The summed E-state index contributed by atoms with van der Waals surface area (Å²) in [6.07, 6.45) is 4.16. The molecule has 0 spiro atoms. The van der Waals surface area contributed by atoms with Crippen molar-refractivity contribution in [1.82, 2.24) is 4.90 Å². The average Bonchev–Trinajstić information content (AvgIpc) is 3.00. The van der Waals surface area contributed by atoms with Crippen LogP contribution in [0.2, 0.25) is 0 Å². The second-order valence-corrected chi connectivity index (χ2v) is 10.6. The van der Waals surface area contributed by atoms with Crippen molar-refractivity contribution in [2.45, 2.75) is 43.5 Å². The Morgan fingerprint density at radius 1 is 0.882 bits per heavy atom. The Bertz CT molecular complexity index is 1370. The smallest absolute Gasteiger partial charge is 0.265 e. The second-order valence-electron chi connectivity index (χ2n) is 8.85. The van der Waals surface area contributed by atoms with Gasteiger partial charge in [-0.15, -0.1) is 0 Å². The highest BCUT2D eigenvalue weighted by atomic mass is 32.2. The zero-order valence-electron chi connectivity index (χ0n) is 19.0. The van der Waals surface area contributed by atoms with Gasteiger partial charge in [-0.25, -0.2) is 8.42 Å². The molecule has 0 bridgehead atoms. The van der Waals surface area contributed by atoms with Crippen molar-refractivity contribution in [3.63, 3.8) is 0 Å². The van der Waals surface area contributed by atoms with Crippen LogP contribution in [0.15, 0.2) is 65.6 Å². The van der Waals surface area contributed by atoms with E-state index in [-0.39, 0.29) is 10.8 Å². The fourth-order valence-electron chi connectivity index (χ4n) is 4.90. The van der Waals surface area contributed by atoms with Gasteiger partial charge in [0.25, 0.3) is 15.9 Å². The molecule has 7 nitrogen and oxygen atoms in total. The molecule has 2 heterocycles. The number of hydrogen-bond donors (Lipinski definition) is 1. The molecule has 5 rings (SSSR count). The molecular weight excluding hydrogens is 450 g/mol. The lowest BCUT2D eigenvalue weighted by atomic mass is 10.1. The second kappa shape index (κ2) is 8.76. The van der Waals surface area contributed by atoms with Crippen LogP contribution in [0.3, 0.4) is 0 Å². The SMILES string of the molecule is C[C@@H](C(=O)Nc1ccccc1C(=O)N1CCCCCC1)N1c2cccc3cccc(c23)S1(=O)=O. The standard InChI is InChI=1S/C26H27N3O4S/c1-18(29-22-14-8-10-19-11-9-15-23(24(19)22)34(29,32)33)25(30)27-21-13-5-4-12-20(21)26(31)28-16-6-2-3-7-17-28/h4-5,8-15,18H,2-3,6-7,16-17H2,1H3,(H,27,30)/t18-/m0/s1. The number of anilines is 2. The summed E-state index contributed by atoms with van der Waals surface area (Å²) in [5.41, 5.74) is 1.30. The van der Waals surface area contributed by atoms with Gasteiger partial charge in [0.05, 0.1) is 21.8 Å².